The van der Waals surface area contributed by atoms with Crippen molar-refractivity contribution < 1.29 is 14.7 Å². The summed E-state index contributed by atoms with van der Waals surface area (Å²) in [6.45, 7) is 2.01. The molecular formula is C12H19NO3. The van der Waals surface area contributed by atoms with Gasteiger partial charge in [0.15, 0.2) is 0 Å². The number of nitrogens with one attached hydrogen (secondary N) is 1. The molecule has 2 N–H and O–H groups in total. The van der Waals surface area contributed by atoms with Gasteiger partial charge in [-0.15, -0.1) is 0 Å². The summed E-state index contributed by atoms with van der Waals surface area (Å²) in [6, 6.07) is 0. The van der Waals surface area contributed by atoms with Crippen molar-refractivity contribution in [2.45, 2.75) is 39.0 Å². The Hall–Kier alpha value is -1.06. The number of amides is 1. The van der Waals surface area contributed by atoms with E-state index < -0.39 is 5.97 Å². The van der Waals surface area contributed by atoms with Gasteiger partial charge in [0.1, 0.15) is 0 Å². The predicted octanol–water partition coefficient (Wildman–Crippen LogP) is 1.40. The minimum absolute atomic E-state index is 0.0657. The summed E-state index contributed by atoms with van der Waals surface area (Å²) in [4.78, 5) is 21.9. The van der Waals surface area contributed by atoms with E-state index in [1.165, 1.54) is 19.8 Å². The molecule has 2 aliphatic rings. The Balaban J connectivity index is 2.01. The van der Waals surface area contributed by atoms with Crippen molar-refractivity contribution in [1.82, 2.24) is 5.32 Å². The average Bonchev–Trinajstić information content (AvgIpc) is 2.39. The summed E-state index contributed by atoms with van der Waals surface area (Å²) in [5.74, 6) is 0.622. The number of carbonyl (C=O) groups is 2. The lowest BCUT2D eigenvalue weighted by Crippen LogP contribution is -2.36. The van der Waals surface area contributed by atoms with Crippen LogP contribution < -0.4 is 5.32 Å². The van der Waals surface area contributed by atoms with Crippen LogP contribution in [0, 0.1) is 17.3 Å². The summed E-state index contributed by atoms with van der Waals surface area (Å²) >= 11 is 0. The Labute approximate surface area is 95.4 Å². The topological polar surface area (TPSA) is 66.4 Å². The standard InChI is InChI=1S/C12H19NO3/c1-8(14)13-7-12(6-11(15)16)4-9-2-3-10(9)5-12/h9-10H,2-7H2,1H3,(H,13,14)(H,15,16)/t9-,10+,12?. The van der Waals surface area contributed by atoms with E-state index in [1.807, 2.05) is 0 Å². The first-order valence-corrected chi connectivity index (χ1v) is 5.97. The van der Waals surface area contributed by atoms with Crippen LogP contribution in [0.5, 0.6) is 0 Å². The van der Waals surface area contributed by atoms with Gasteiger partial charge in [0, 0.05) is 13.5 Å². The van der Waals surface area contributed by atoms with E-state index in [0.29, 0.717) is 18.4 Å². The second-order valence-corrected chi connectivity index (χ2v) is 5.49. The summed E-state index contributed by atoms with van der Waals surface area (Å²) in [6.07, 6.45) is 4.63. The molecule has 1 unspecified atom stereocenters. The fourth-order valence-electron chi connectivity index (χ4n) is 3.36. The Morgan fingerprint density at radius 3 is 2.25 bits per heavy atom. The van der Waals surface area contributed by atoms with Gasteiger partial charge in [0.25, 0.3) is 0 Å². The van der Waals surface area contributed by atoms with Crippen LogP contribution in [-0.2, 0) is 9.59 Å². The van der Waals surface area contributed by atoms with E-state index in [2.05, 4.69) is 5.32 Å². The molecule has 0 heterocycles. The van der Waals surface area contributed by atoms with Crippen molar-refractivity contribution >= 4 is 11.9 Å². The zero-order valence-electron chi connectivity index (χ0n) is 9.66. The van der Waals surface area contributed by atoms with Gasteiger partial charge in [-0.25, -0.2) is 0 Å². The quantitative estimate of drug-likeness (QED) is 0.760. The first kappa shape index (κ1) is 11.4. The molecule has 2 rings (SSSR count). The predicted molar refractivity (Wildman–Crippen MR) is 58.8 cm³/mol. The molecule has 2 fully saturated rings. The highest BCUT2D eigenvalue weighted by Gasteiger charge is 2.49. The molecule has 3 atom stereocenters. The molecular weight excluding hydrogens is 206 g/mol. The number of carbonyl (C=O) groups excluding carboxylic acids is 1. The number of rotatable bonds is 4. The molecule has 0 saturated heterocycles. The monoisotopic (exact) mass is 225 g/mol. The molecule has 0 aromatic rings. The van der Waals surface area contributed by atoms with Gasteiger partial charge in [0.2, 0.25) is 5.91 Å². The van der Waals surface area contributed by atoms with E-state index in [0.717, 1.165) is 12.8 Å². The van der Waals surface area contributed by atoms with Gasteiger partial charge in [-0.2, -0.15) is 0 Å². The van der Waals surface area contributed by atoms with Gasteiger partial charge in [0.05, 0.1) is 6.42 Å². The summed E-state index contributed by atoms with van der Waals surface area (Å²) in [5.41, 5.74) is -0.177. The van der Waals surface area contributed by atoms with Gasteiger partial charge in [-0.1, -0.05) is 0 Å². The minimum Gasteiger partial charge on any atom is -0.481 e. The Kier molecular flexibility index (Phi) is 2.91. The fourth-order valence-corrected chi connectivity index (χ4v) is 3.36. The largest absolute Gasteiger partial charge is 0.481 e. The smallest absolute Gasteiger partial charge is 0.303 e. The second-order valence-electron chi connectivity index (χ2n) is 5.49. The van der Waals surface area contributed by atoms with Crippen LogP contribution >= 0.6 is 0 Å². The SMILES string of the molecule is CC(=O)NCC1(CC(=O)O)C[C@H]2CC[C@H]2C1. The van der Waals surface area contributed by atoms with E-state index in [-0.39, 0.29) is 17.7 Å². The van der Waals surface area contributed by atoms with Crippen molar-refractivity contribution in [2.24, 2.45) is 17.3 Å². The number of aliphatic carboxylic acids is 1. The Bertz CT molecular complexity index is 301. The summed E-state index contributed by atoms with van der Waals surface area (Å²) < 4.78 is 0. The zero-order valence-corrected chi connectivity index (χ0v) is 9.66. The van der Waals surface area contributed by atoms with Crippen LogP contribution in [0.2, 0.25) is 0 Å². The molecule has 2 saturated carbocycles. The molecule has 0 aliphatic heterocycles. The molecule has 4 nitrogen and oxygen atoms in total. The zero-order chi connectivity index (χ0) is 11.8. The molecule has 2 aliphatic carbocycles. The van der Waals surface area contributed by atoms with Crippen molar-refractivity contribution in [3.8, 4) is 0 Å². The van der Waals surface area contributed by atoms with Crippen LogP contribution in [0.4, 0.5) is 0 Å². The third-order valence-electron chi connectivity index (χ3n) is 4.20. The second kappa shape index (κ2) is 4.07. The van der Waals surface area contributed by atoms with E-state index >= 15 is 0 Å². The van der Waals surface area contributed by atoms with E-state index in [9.17, 15) is 9.59 Å². The maximum atomic E-state index is 10.9. The molecule has 1 amide bonds. The van der Waals surface area contributed by atoms with Crippen molar-refractivity contribution in [1.29, 1.82) is 0 Å². The maximum Gasteiger partial charge on any atom is 0.303 e. The number of fused-ring (bicyclic) bond motifs is 1. The van der Waals surface area contributed by atoms with Crippen LogP contribution in [0.3, 0.4) is 0 Å². The molecule has 90 valence electrons. The van der Waals surface area contributed by atoms with E-state index in [4.69, 9.17) is 5.11 Å². The third kappa shape index (κ3) is 2.20. The Morgan fingerprint density at radius 1 is 1.31 bits per heavy atom. The first-order valence-electron chi connectivity index (χ1n) is 5.97. The lowest BCUT2D eigenvalue weighted by atomic mass is 9.77. The van der Waals surface area contributed by atoms with Crippen molar-refractivity contribution in [3.05, 3.63) is 0 Å². The van der Waals surface area contributed by atoms with Crippen molar-refractivity contribution in [3.63, 3.8) is 0 Å². The average molecular weight is 225 g/mol. The molecule has 4 heteroatoms. The highest BCUT2D eigenvalue weighted by molar-refractivity contribution is 5.73. The highest BCUT2D eigenvalue weighted by atomic mass is 16.4. The van der Waals surface area contributed by atoms with Crippen molar-refractivity contribution in [2.75, 3.05) is 6.54 Å². The van der Waals surface area contributed by atoms with Gasteiger partial charge < -0.3 is 10.4 Å². The lowest BCUT2D eigenvalue weighted by molar-refractivity contribution is -0.140. The lowest BCUT2D eigenvalue weighted by Gasteiger charge is -2.29. The summed E-state index contributed by atoms with van der Waals surface area (Å²) in [5, 5.41) is 11.8. The molecule has 0 spiro atoms. The summed E-state index contributed by atoms with van der Waals surface area (Å²) in [7, 11) is 0. The third-order valence-corrected chi connectivity index (χ3v) is 4.20. The van der Waals surface area contributed by atoms with Gasteiger partial charge in [-0.3, -0.25) is 9.59 Å². The van der Waals surface area contributed by atoms with Gasteiger partial charge >= 0.3 is 5.97 Å². The Morgan fingerprint density at radius 2 is 1.88 bits per heavy atom. The van der Waals surface area contributed by atoms with Crippen LogP contribution in [0.25, 0.3) is 0 Å². The maximum absolute atomic E-state index is 10.9. The number of carboxylic acid groups (broad SMARTS) is 1. The normalized spacial score (nSPS) is 36.3. The molecule has 0 aromatic carbocycles. The highest BCUT2D eigenvalue weighted by Crippen LogP contribution is 2.56. The number of carboxylic acids is 1. The van der Waals surface area contributed by atoms with Gasteiger partial charge in [-0.05, 0) is 42.9 Å². The number of hydrogen-bond acceptors (Lipinski definition) is 2. The molecule has 16 heavy (non-hydrogen) atoms. The molecule has 0 aromatic heterocycles. The number of hydrogen-bond donors (Lipinski definition) is 2. The van der Waals surface area contributed by atoms with E-state index in [1.54, 1.807) is 0 Å². The first-order chi connectivity index (χ1) is 7.51. The molecule has 0 bridgehead atoms. The van der Waals surface area contributed by atoms with Crippen LogP contribution in [0.1, 0.15) is 39.0 Å². The van der Waals surface area contributed by atoms with Crippen LogP contribution in [0.15, 0.2) is 0 Å². The molecule has 0 radical (unpaired) electrons. The fraction of sp³-hybridized carbons (Fsp3) is 0.833. The minimum atomic E-state index is -0.744. The van der Waals surface area contributed by atoms with Crippen LogP contribution in [-0.4, -0.2) is 23.5 Å².